The highest BCUT2D eigenvalue weighted by Gasteiger charge is 2.28. The molecule has 0 radical (unpaired) electrons. The maximum absolute atomic E-state index is 12.0. The molecular weight excluding hydrogens is 203 g/mol. The van der Waals surface area contributed by atoms with Gasteiger partial charge in [0.05, 0.1) is 24.8 Å². The molecule has 0 rings (SSSR count). The van der Waals surface area contributed by atoms with Gasteiger partial charge in [-0.15, -0.1) is 6.58 Å². The number of rotatable bonds is 7. The van der Waals surface area contributed by atoms with Crippen molar-refractivity contribution in [3.63, 3.8) is 0 Å². The maximum Gasteiger partial charge on any atom is 0.360 e. The molecule has 0 saturated carbocycles. The van der Waals surface area contributed by atoms with E-state index in [1.807, 2.05) is 0 Å². The minimum Gasteiger partial charge on any atom is -0.515 e. The number of allylic oxidation sites excluding steroid dienone is 2. The molecule has 0 aliphatic rings. The fraction of sp³-hybridized carbons (Fsp3) is 0.556. The van der Waals surface area contributed by atoms with Gasteiger partial charge >= 0.3 is 7.60 Å². The van der Waals surface area contributed by atoms with E-state index in [-0.39, 0.29) is 24.9 Å². The highest BCUT2D eigenvalue weighted by Crippen LogP contribution is 2.57. The van der Waals surface area contributed by atoms with Gasteiger partial charge in [-0.05, 0) is 13.8 Å². The third-order valence-electron chi connectivity index (χ3n) is 1.45. The zero-order chi connectivity index (χ0) is 11.0. The summed E-state index contributed by atoms with van der Waals surface area (Å²) in [6.45, 7) is 7.47. The Labute approximate surface area is 84.8 Å². The number of aliphatic hydroxyl groups excluding tert-OH is 1. The lowest BCUT2D eigenvalue weighted by molar-refractivity contribution is 0.225. The van der Waals surface area contributed by atoms with Gasteiger partial charge in [-0.3, -0.25) is 4.57 Å². The average Bonchev–Trinajstić information content (AvgIpc) is 2.14. The van der Waals surface area contributed by atoms with Crippen LogP contribution in [0.5, 0.6) is 0 Å². The zero-order valence-corrected chi connectivity index (χ0v) is 9.50. The second kappa shape index (κ2) is 6.82. The molecule has 0 fully saturated rings. The molecule has 0 aliphatic heterocycles. The van der Waals surface area contributed by atoms with Crippen molar-refractivity contribution in [3.8, 4) is 0 Å². The second-order valence-corrected chi connectivity index (χ2v) is 4.53. The Balaban J connectivity index is 4.76. The summed E-state index contributed by atoms with van der Waals surface area (Å²) >= 11 is 0. The second-order valence-electron chi connectivity index (χ2n) is 2.45. The SMILES string of the molecule is C=CC/C(=C/O)P(=O)(OCC)OCC. The Kier molecular flexibility index (Phi) is 6.54. The molecule has 0 aliphatic carbocycles. The van der Waals surface area contributed by atoms with Gasteiger partial charge in [-0.1, -0.05) is 6.08 Å². The number of hydrogen-bond acceptors (Lipinski definition) is 4. The summed E-state index contributed by atoms with van der Waals surface area (Å²) in [5, 5.41) is 9.14. The summed E-state index contributed by atoms with van der Waals surface area (Å²) in [6, 6.07) is 0. The van der Waals surface area contributed by atoms with Crippen molar-refractivity contribution in [2.24, 2.45) is 0 Å². The normalized spacial score (nSPS) is 12.9. The molecule has 14 heavy (non-hydrogen) atoms. The van der Waals surface area contributed by atoms with E-state index in [0.717, 1.165) is 6.26 Å². The molecule has 82 valence electrons. The Bertz CT molecular complexity index is 237. The van der Waals surface area contributed by atoms with E-state index in [0.29, 0.717) is 0 Å². The predicted molar refractivity (Wildman–Crippen MR) is 56.4 cm³/mol. The molecule has 0 aromatic rings. The van der Waals surface area contributed by atoms with Gasteiger partial charge in [-0.2, -0.15) is 0 Å². The first-order valence-electron chi connectivity index (χ1n) is 4.48. The molecule has 0 heterocycles. The van der Waals surface area contributed by atoms with Crippen LogP contribution in [-0.4, -0.2) is 18.3 Å². The molecule has 0 aromatic heterocycles. The molecule has 0 atom stereocenters. The van der Waals surface area contributed by atoms with Crippen LogP contribution in [0.25, 0.3) is 0 Å². The Hall–Kier alpha value is -0.570. The van der Waals surface area contributed by atoms with E-state index < -0.39 is 7.60 Å². The summed E-state index contributed by atoms with van der Waals surface area (Å²) in [6.07, 6.45) is 2.59. The highest BCUT2D eigenvalue weighted by molar-refractivity contribution is 7.58. The molecule has 1 N–H and O–H groups in total. The van der Waals surface area contributed by atoms with Crippen LogP contribution in [0.4, 0.5) is 0 Å². The quantitative estimate of drug-likeness (QED) is 0.406. The van der Waals surface area contributed by atoms with Gasteiger partial charge in [0.1, 0.15) is 0 Å². The summed E-state index contributed by atoms with van der Waals surface area (Å²) < 4.78 is 22.1. The van der Waals surface area contributed by atoms with Crippen molar-refractivity contribution in [3.05, 3.63) is 24.2 Å². The summed E-state index contributed by atoms with van der Waals surface area (Å²) in [5.41, 5.74) is 0. The molecule has 4 nitrogen and oxygen atoms in total. The monoisotopic (exact) mass is 220 g/mol. The molecule has 0 aromatic carbocycles. The molecule has 0 amide bonds. The van der Waals surface area contributed by atoms with Gasteiger partial charge in [0.15, 0.2) is 0 Å². The zero-order valence-electron chi connectivity index (χ0n) is 8.60. The minimum atomic E-state index is -3.31. The average molecular weight is 220 g/mol. The molecular formula is C9H17O4P. The molecule has 5 heteroatoms. The number of hydrogen-bond donors (Lipinski definition) is 1. The van der Waals surface area contributed by atoms with Crippen LogP contribution < -0.4 is 0 Å². The summed E-state index contributed by atoms with van der Waals surface area (Å²) in [4.78, 5) is 0. The Morgan fingerprint density at radius 1 is 1.43 bits per heavy atom. The Morgan fingerprint density at radius 2 is 1.93 bits per heavy atom. The molecule has 0 saturated heterocycles. The van der Waals surface area contributed by atoms with Gasteiger partial charge in [-0.25, -0.2) is 0 Å². The van der Waals surface area contributed by atoms with Crippen molar-refractivity contribution in [2.45, 2.75) is 20.3 Å². The first kappa shape index (κ1) is 13.4. The van der Waals surface area contributed by atoms with E-state index in [1.165, 1.54) is 6.08 Å². The lowest BCUT2D eigenvalue weighted by Gasteiger charge is -2.18. The van der Waals surface area contributed by atoms with Gasteiger partial charge in [0, 0.05) is 6.42 Å². The fourth-order valence-corrected chi connectivity index (χ4v) is 2.51. The van der Waals surface area contributed by atoms with Crippen LogP contribution in [0, 0.1) is 0 Å². The summed E-state index contributed by atoms with van der Waals surface area (Å²) in [7, 11) is -3.31. The van der Waals surface area contributed by atoms with E-state index in [9.17, 15) is 4.57 Å². The van der Waals surface area contributed by atoms with E-state index in [1.54, 1.807) is 13.8 Å². The standard InChI is InChI=1S/C9H17O4P/c1-4-7-9(8-10)14(11,12-5-2)13-6-3/h4,8,10H,1,5-7H2,2-3H3/b9-8-. The van der Waals surface area contributed by atoms with E-state index in [4.69, 9.17) is 14.2 Å². The van der Waals surface area contributed by atoms with Crippen LogP contribution in [0.1, 0.15) is 20.3 Å². The highest BCUT2D eigenvalue weighted by atomic mass is 31.2. The predicted octanol–water partition coefficient (Wildman–Crippen LogP) is 3.23. The summed E-state index contributed by atoms with van der Waals surface area (Å²) in [5.74, 6) is 0. The Morgan fingerprint density at radius 3 is 2.21 bits per heavy atom. The van der Waals surface area contributed by atoms with Gasteiger partial charge in [0.2, 0.25) is 0 Å². The van der Waals surface area contributed by atoms with Crippen LogP contribution in [-0.2, 0) is 13.6 Å². The molecule has 0 unspecified atom stereocenters. The van der Waals surface area contributed by atoms with Crippen LogP contribution in [0.3, 0.4) is 0 Å². The smallest absolute Gasteiger partial charge is 0.360 e. The van der Waals surface area contributed by atoms with Gasteiger partial charge in [0.25, 0.3) is 0 Å². The minimum absolute atomic E-state index is 0.233. The van der Waals surface area contributed by atoms with Crippen molar-refractivity contribution >= 4 is 7.60 Å². The fourth-order valence-electron chi connectivity index (χ4n) is 0.926. The topological polar surface area (TPSA) is 55.8 Å². The third-order valence-corrected chi connectivity index (χ3v) is 3.65. The van der Waals surface area contributed by atoms with Gasteiger partial charge < -0.3 is 14.2 Å². The lowest BCUT2D eigenvalue weighted by atomic mass is 10.4. The molecule has 0 bridgehead atoms. The first-order chi connectivity index (χ1) is 6.64. The largest absolute Gasteiger partial charge is 0.515 e. The van der Waals surface area contributed by atoms with Crippen LogP contribution in [0.15, 0.2) is 24.2 Å². The number of aliphatic hydroxyl groups is 1. The van der Waals surface area contributed by atoms with Crippen LogP contribution >= 0.6 is 7.60 Å². The maximum atomic E-state index is 12.0. The van der Waals surface area contributed by atoms with Crippen molar-refractivity contribution in [2.75, 3.05) is 13.2 Å². The third kappa shape index (κ3) is 3.66. The molecule has 0 spiro atoms. The van der Waals surface area contributed by atoms with Crippen molar-refractivity contribution < 1.29 is 18.7 Å². The van der Waals surface area contributed by atoms with E-state index in [2.05, 4.69) is 6.58 Å². The first-order valence-corrected chi connectivity index (χ1v) is 6.02. The van der Waals surface area contributed by atoms with Crippen molar-refractivity contribution in [1.82, 2.24) is 0 Å². The lowest BCUT2D eigenvalue weighted by Crippen LogP contribution is -1.98. The van der Waals surface area contributed by atoms with Crippen LogP contribution in [0.2, 0.25) is 0 Å². The van der Waals surface area contributed by atoms with E-state index >= 15 is 0 Å². The van der Waals surface area contributed by atoms with Crippen molar-refractivity contribution in [1.29, 1.82) is 0 Å².